The van der Waals surface area contributed by atoms with Gasteiger partial charge in [-0.1, -0.05) is 0 Å². The van der Waals surface area contributed by atoms with Gasteiger partial charge in [0, 0.05) is 23.2 Å². The summed E-state index contributed by atoms with van der Waals surface area (Å²) in [6.45, 7) is 6.03. The van der Waals surface area contributed by atoms with Gasteiger partial charge >= 0.3 is 0 Å². The first-order valence-corrected chi connectivity index (χ1v) is 8.45. The summed E-state index contributed by atoms with van der Waals surface area (Å²) in [6, 6.07) is 7.33. The maximum Gasteiger partial charge on any atom is 0.254 e. The molecule has 2 aromatic heterocycles. The molecule has 6 nitrogen and oxygen atoms in total. The number of amides is 1. The molecule has 0 aliphatic heterocycles. The lowest BCUT2D eigenvalue weighted by Gasteiger charge is -2.24. The van der Waals surface area contributed by atoms with Crippen molar-refractivity contribution in [2.45, 2.75) is 26.8 Å². The highest BCUT2D eigenvalue weighted by atomic mass is 32.1. The average molecular weight is 341 g/mol. The Labute approximate surface area is 144 Å². The number of thiazole rings is 1. The normalized spacial score (nSPS) is 12.2. The van der Waals surface area contributed by atoms with E-state index >= 15 is 0 Å². The van der Waals surface area contributed by atoms with Crippen LogP contribution in [0.1, 0.15) is 38.9 Å². The lowest BCUT2D eigenvalue weighted by Crippen LogP contribution is -2.30. The van der Waals surface area contributed by atoms with Gasteiger partial charge in [-0.25, -0.2) is 4.98 Å². The summed E-state index contributed by atoms with van der Waals surface area (Å²) in [6.07, 6.45) is 3.25. The van der Waals surface area contributed by atoms with E-state index in [9.17, 15) is 4.79 Å². The van der Waals surface area contributed by atoms with E-state index in [1.165, 1.54) is 0 Å². The second-order valence-electron chi connectivity index (χ2n) is 5.68. The van der Waals surface area contributed by atoms with E-state index in [-0.39, 0.29) is 11.9 Å². The summed E-state index contributed by atoms with van der Waals surface area (Å²) in [4.78, 5) is 20.2. The van der Waals surface area contributed by atoms with Crippen molar-refractivity contribution < 1.29 is 4.79 Å². The molecule has 3 rings (SSSR count). The molecule has 0 unspecified atom stereocenters. The zero-order valence-electron chi connectivity index (χ0n) is 14.1. The molecule has 7 heteroatoms. The third kappa shape index (κ3) is 3.07. The van der Waals surface area contributed by atoms with Crippen LogP contribution in [0.15, 0.2) is 36.9 Å². The van der Waals surface area contributed by atoms with Crippen molar-refractivity contribution in [3.8, 4) is 5.69 Å². The molecular weight excluding hydrogens is 322 g/mol. The fourth-order valence-electron chi connectivity index (χ4n) is 2.61. The number of rotatable bonds is 4. The summed E-state index contributed by atoms with van der Waals surface area (Å²) >= 11 is 1.66. The Balaban J connectivity index is 1.79. The molecule has 0 aliphatic rings. The second-order valence-corrected chi connectivity index (χ2v) is 7.09. The number of hydrogen-bond donors (Lipinski definition) is 0. The Bertz CT molecular complexity index is 839. The monoisotopic (exact) mass is 341 g/mol. The molecule has 0 aliphatic carbocycles. The van der Waals surface area contributed by atoms with Crippen molar-refractivity contribution in [1.82, 2.24) is 24.6 Å². The summed E-state index contributed by atoms with van der Waals surface area (Å²) < 4.78 is 1.79. The van der Waals surface area contributed by atoms with Crippen LogP contribution in [-0.4, -0.2) is 37.6 Å². The van der Waals surface area contributed by atoms with Crippen molar-refractivity contribution in [2.24, 2.45) is 0 Å². The molecule has 3 aromatic rings. The van der Waals surface area contributed by atoms with Gasteiger partial charge in [0.25, 0.3) is 5.91 Å². The smallest absolute Gasteiger partial charge is 0.254 e. The van der Waals surface area contributed by atoms with Gasteiger partial charge in [-0.15, -0.1) is 21.5 Å². The van der Waals surface area contributed by atoms with Crippen molar-refractivity contribution in [3.05, 3.63) is 58.1 Å². The lowest BCUT2D eigenvalue weighted by atomic mass is 10.1. The molecule has 24 heavy (non-hydrogen) atoms. The first-order valence-electron chi connectivity index (χ1n) is 7.63. The van der Waals surface area contributed by atoms with Crippen LogP contribution in [0, 0.1) is 13.8 Å². The van der Waals surface area contributed by atoms with Crippen LogP contribution in [0.2, 0.25) is 0 Å². The van der Waals surface area contributed by atoms with Crippen LogP contribution in [0.5, 0.6) is 0 Å². The molecule has 0 spiro atoms. The van der Waals surface area contributed by atoms with Crippen LogP contribution >= 0.6 is 11.3 Å². The van der Waals surface area contributed by atoms with Gasteiger partial charge in [0.2, 0.25) is 0 Å². The lowest BCUT2D eigenvalue weighted by molar-refractivity contribution is 0.0740. The fraction of sp³-hybridized carbons (Fsp3) is 0.294. The Morgan fingerprint density at radius 1 is 1.17 bits per heavy atom. The van der Waals surface area contributed by atoms with Gasteiger partial charge in [-0.2, -0.15) is 0 Å². The SMILES string of the molecule is Cc1nc([C@H](C)N(C)C(=O)c2ccc(-n3cnnc3)cc2)c(C)s1. The zero-order valence-corrected chi connectivity index (χ0v) is 14.9. The van der Waals surface area contributed by atoms with E-state index in [1.54, 1.807) is 33.5 Å². The highest BCUT2D eigenvalue weighted by Gasteiger charge is 2.22. The van der Waals surface area contributed by atoms with Gasteiger partial charge in [-0.05, 0) is 45.0 Å². The van der Waals surface area contributed by atoms with Crippen LogP contribution in [0.25, 0.3) is 5.69 Å². The zero-order chi connectivity index (χ0) is 17.3. The Morgan fingerprint density at radius 2 is 1.79 bits per heavy atom. The fourth-order valence-corrected chi connectivity index (χ4v) is 3.51. The average Bonchev–Trinajstić information content (AvgIpc) is 3.22. The predicted molar refractivity (Wildman–Crippen MR) is 93.5 cm³/mol. The van der Waals surface area contributed by atoms with E-state index < -0.39 is 0 Å². The second kappa shape index (κ2) is 6.52. The highest BCUT2D eigenvalue weighted by Crippen LogP contribution is 2.27. The van der Waals surface area contributed by atoms with Gasteiger partial charge < -0.3 is 4.90 Å². The summed E-state index contributed by atoms with van der Waals surface area (Å²) in [5.74, 6) is -0.0251. The van der Waals surface area contributed by atoms with Gasteiger partial charge in [0.05, 0.1) is 16.7 Å². The van der Waals surface area contributed by atoms with Crippen LogP contribution in [0.3, 0.4) is 0 Å². The van der Waals surface area contributed by atoms with E-state index in [1.807, 2.05) is 52.1 Å². The molecule has 0 bridgehead atoms. The minimum absolute atomic E-state index is 0.0251. The molecule has 0 saturated heterocycles. The van der Waals surface area contributed by atoms with Crippen molar-refractivity contribution in [1.29, 1.82) is 0 Å². The summed E-state index contributed by atoms with van der Waals surface area (Å²) in [5.41, 5.74) is 2.53. The first-order chi connectivity index (χ1) is 11.5. The Kier molecular flexibility index (Phi) is 4.44. The summed E-state index contributed by atoms with van der Waals surface area (Å²) in [7, 11) is 1.81. The third-order valence-corrected chi connectivity index (χ3v) is 4.97. The van der Waals surface area contributed by atoms with Gasteiger partial charge in [0.15, 0.2) is 0 Å². The van der Waals surface area contributed by atoms with E-state index in [2.05, 4.69) is 15.2 Å². The van der Waals surface area contributed by atoms with Crippen LogP contribution < -0.4 is 0 Å². The van der Waals surface area contributed by atoms with Gasteiger partial charge in [-0.3, -0.25) is 9.36 Å². The van der Waals surface area contributed by atoms with Crippen LogP contribution in [-0.2, 0) is 0 Å². The van der Waals surface area contributed by atoms with Crippen molar-refractivity contribution in [2.75, 3.05) is 7.05 Å². The van der Waals surface area contributed by atoms with Gasteiger partial charge in [0.1, 0.15) is 12.7 Å². The number of carbonyl (C=O) groups is 1. The molecule has 0 saturated carbocycles. The van der Waals surface area contributed by atoms with Crippen molar-refractivity contribution >= 4 is 17.2 Å². The Hall–Kier alpha value is -2.54. The first kappa shape index (κ1) is 16.3. The standard InChI is InChI=1S/C17H19N5OS/c1-11(16-12(2)24-13(3)20-16)21(4)17(23)14-5-7-15(8-6-14)22-9-18-19-10-22/h5-11H,1-4H3/t11-/m0/s1. The predicted octanol–water partition coefficient (Wildman–Crippen LogP) is 3.17. The maximum absolute atomic E-state index is 12.7. The molecule has 2 heterocycles. The number of nitrogens with zero attached hydrogens (tertiary/aromatic N) is 5. The molecule has 0 fully saturated rings. The number of carbonyl (C=O) groups excluding carboxylic acids is 1. The molecule has 1 aromatic carbocycles. The molecule has 0 radical (unpaired) electrons. The topological polar surface area (TPSA) is 63.9 Å². The quantitative estimate of drug-likeness (QED) is 0.731. The van der Waals surface area contributed by atoms with Crippen molar-refractivity contribution in [3.63, 3.8) is 0 Å². The molecule has 0 N–H and O–H groups in total. The number of benzene rings is 1. The summed E-state index contributed by atoms with van der Waals surface area (Å²) in [5, 5.41) is 8.59. The largest absolute Gasteiger partial charge is 0.333 e. The number of aryl methyl sites for hydroxylation is 2. The minimum atomic E-state index is -0.0695. The van der Waals surface area contributed by atoms with E-state index in [0.717, 1.165) is 21.3 Å². The Morgan fingerprint density at radius 3 is 2.33 bits per heavy atom. The minimum Gasteiger partial charge on any atom is -0.333 e. The maximum atomic E-state index is 12.7. The highest BCUT2D eigenvalue weighted by molar-refractivity contribution is 7.11. The number of hydrogen-bond acceptors (Lipinski definition) is 5. The molecular formula is C17H19N5OS. The molecule has 1 atom stereocenters. The molecule has 124 valence electrons. The van der Waals surface area contributed by atoms with E-state index in [0.29, 0.717) is 5.56 Å². The number of aromatic nitrogens is 4. The molecule has 1 amide bonds. The van der Waals surface area contributed by atoms with Crippen LogP contribution in [0.4, 0.5) is 0 Å². The third-order valence-electron chi connectivity index (χ3n) is 4.07. The van der Waals surface area contributed by atoms with E-state index in [4.69, 9.17) is 0 Å².